The van der Waals surface area contributed by atoms with E-state index in [0.717, 1.165) is 94.0 Å². The van der Waals surface area contributed by atoms with Gasteiger partial charge in [-0.3, -0.25) is 0 Å². The van der Waals surface area contributed by atoms with Crippen molar-refractivity contribution in [2.24, 2.45) is 0 Å². The first kappa shape index (κ1) is 32.5. The minimum atomic E-state index is 0.822. The predicted molar refractivity (Wildman–Crippen MR) is 247 cm³/mol. The summed E-state index contributed by atoms with van der Waals surface area (Å²) in [4.78, 5) is 2.32. The van der Waals surface area contributed by atoms with Crippen LogP contribution >= 0.6 is 11.3 Å². The lowest BCUT2D eigenvalue weighted by Crippen LogP contribution is -2.10. The highest BCUT2D eigenvalue weighted by atomic mass is 32.1. The summed E-state index contributed by atoms with van der Waals surface area (Å²) in [7, 11) is 0. The first-order valence-electron chi connectivity index (χ1n) is 19.8. The monoisotopic (exact) mass is 773 g/mol. The fraction of sp³-hybridized carbons (Fsp3) is 0. The molecule has 4 heterocycles. The van der Waals surface area contributed by atoms with Crippen LogP contribution in [0.25, 0.3) is 108 Å². The van der Waals surface area contributed by atoms with Crippen molar-refractivity contribution >= 4 is 114 Å². The molecule has 0 radical (unpaired) electrons. The Morgan fingerprint density at radius 2 is 1.02 bits per heavy atom. The van der Waals surface area contributed by atoms with Gasteiger partial charge in [-0.2, -0.15) is 0 Å². The third-order valence-electron chi connectivity index (χ3n) is 11.9. The molecule has 0 N–H and O–H groups in total. The lowest BCUT2D eigenvalue weighted by Gasteiger charge is -2.26. The Labute approximate surface area is 341 Å². The van der Waals surface area contributed by atoms with Crippen LogP contribution in [0.15, 0.2) is 201 Å². The lowest BCUT2D eigenvalue weighted by molar-refractivity contribution is 0.663. The van der Waals surface area contributed by atoms with E-state index in [0.29, 0.717) is 0 Å². The molecule has 276 valence electrons. The largest absolute Gasteiger partial charge is 0.456 e. The maximum absolute atomic E-state index is 6.90. The molecule has 9 aromatic carbocycles. The van der Waals surface area contributed by atoms with E-state index in [2.05, 4.69) is 163 Å². The smallest absolute Gasteiger partial charge is 0.159 e. The van der Waals surface area contributed by atoms with E-state index in [1.807, 2.05) is 41.7 Å². The van der Waals surface area contributed by atoms with E-state index >= 15 is 0 Å². The normalized spacial score (nSPS) is 12.1. The molecule has 0 amide bonds. The van der Waals surface area contributed by atoms with Crippen LogP contribution in [0.1, 0.15) is 0 Å². The van der Waals surface area contributed by atoms with Crippen molar-refractivity contribution in [1.82, 2.24) is 0 Å². The van der Waals surface area contributed by atoms with Gasteiger partial charge in [0.2, 0.25) is 0 Å². The molecular weight excluding hydrogens is 743 g/mol. The molecule has 59 heavy (non-hydrogen) atoms. The van der Waals surface area contributed by atoms with E-state index in [4.69, 9.17) is 13.3 Å². The number of hydrogen-bond donors (Lipinski definition) is 0. The van der Waals surface area contributed by atoms with Crippen LogP contribution < -0.4 is 4.90 Å². The zero-order chi connectivity index (χ0) is 38.6. The first-order valence-corrected chi connectivity index (χ1v) is 20.6. The summed E-state index contributed by atoms with van der Waals surface area (Å²) in [6.45, 7) is 0. The SMILES string of the molecule is c1cc(-c2cccc3c2oc2c3ccc3oc4ccccc4c32)cc(N(c2ccc(-c3cccc4c3sc3ccccc34)cc2)c2cccc3c2oc2ccccc23)c1. The number of benzene rings is 9. The molecule has 0 aliphatic carbocycles. The molecule has 13 aromatic rings. The Bertz CT molecular complexity index is 3810. The van der Waals surface area contributed by atoms with Gasteiger partial charge in [-0.25, -0.2) is 0 Å². The summed E-state index contributed by atoms with van der Waals surface area (Å²) < 4.78 is 22.4. The third kappa shape index (κ3) is 4.83. The van der Waals surface area contributed by atoms with Crippen molar-refractivity contribution in [2.75, 3.05) is 4.90 Å². The van der Waals surface area contributed by atoms with Gasteiger partial charge in [0.05, 0.1) is 11.1 Å². The van der Waals surface area contributed by atoms with Crippen LogP contribution in [0.2, 0.25) is 0 Å². The van der Waals surface area contributed by atoms with Crippen LogP contribution in [0.3, 0.4) is 0 Å². The second-order valence-corrected chi connectivity index (χ2v) is 16.2. The summed E-state index contributed by atoms with van der Waals surface area (Å²) in [5.41, 5.74) is 12.6. The van der Waals surface area contributed by atoms with Crippen molar-refractivity contribution in [1.29, 1.82) is 0 Å². The second-order valence-electron chi connectivity index (χ2n) is 15.2. The first-order chi connectivity index (χ1) is 29.2. The van der Waals surface area contributed by atoms with Gasteiger partial charge < -0.3 is 18.2 Å². The molecule has 5 heteroatoms. The number of rotatable bonds is 5. The van der Waals surface area contributed by atoms with Crippen LogP contribution in [-0.4, -0.2) is 0 Å². The van der Waals surface area contributed by atoms with E-state index in [1.165, 1.54) is 31.3 Å². The van der Waals surface area contributed by atoms with Crippen molar-refractivity contribution < 1.29 is 13.3 Å². The van der Waals surface area contributed by atoms with Crippen molar-refractivity contribution in [3.05, 3.63) is 188 Å². The molecule has 0 aliphatic heterocycles. The molecule has 4 nitrogen and oxygen atoms in total. The van der Waals surface area contributed by atoms with Gasteiger partial charge in [0.25, 0.3) is 0 Å². The minimum Gasteiger partial charge on any atom is -0.456 e. The number of fused-ring (bicyclic) bond motifs is 13. The number of hydrogen-bond acceptors (Lipinski definition) is 5. The Morgan fingerprint density at radius 1 is 0.356 bits per heavy atom. The summed E-state index contributed by atoms with van der Waals surface area (Å²) in [6, 6.07) is 66.5. The van der Waals surface area contributed by atoms with E-state index in [-0.39, 0.29) is 0 Å². The molecular formula is C54H31NO3S. The van der Waals surface area contributed by atoms with Gasteiger partial charge >= 0.3 is 0 Å². The number of furan rings is 3. The molecule has 4 aromatic heterocycles. The summed E-state index contributed by atoms with van der Waals surface area (Å²) in [5, 5.41) is 8.98. The average molecular weight is 774 g/mol. The maximum Gasteiger partial charge on any atom is 0.159 e. The maximum atomic E-state index is 6.90. The molecule has 0 saturated carbocycles. The molecule has 13 rings (SSSR count). The van der Waals surface area contributed by atoms with Crippen LogP contribution in [-0.2, 0) is 0 Å². The molecule has 0 bridgehead atoms. The Morgan fingerprint density at radius 3 is 1.88 bits per heavy atom. The molecule has 0 atom stereocenters. The zero-order valence-corrected chi connectivity index (χ0v) is 32.3. The van der Waals surface area contributed by atoms with Gasteiger partial charge in [-0.15, -0.1) is 11.3 Å². The van der Waals surface area contributed by atoms with E-state index in [1.54, 1.807) is 0 Å². The fourth-order valence-corrected chi connectivity index (χ4v) is 10.4. The molecule has 0 saturated heterocycles. The lowest BCUT2D eigenvalue weighted by atomic mass is 10.00. The topological polar surface area (TPSA) is 42.7 Å². The zero-order valence-electron chi connectivity index (χ0n) is 31.5. The van der Waals surface area contributed by atoms with Crippen molar-refractivity contribution in [3.8, 4) is 22.3 Å². The van der Waals surface area contributed by atoms with Gasteiger partial charge in [-0.05, 0) is 77.4 Å². The minimum absolute atomic E-state index is 0.822. The summed E-state index contributed by atoms with van der Waals surface area (Å²) in [5.74, 6) is 0. The summed E-state index contributed by atoms with van der Waals surface area (Å²) in [6.07, 6.45) is 0. The number of nitrogens with zero attached hydrogens (tertiary/aromatic N) is 1. The van der Waals surface area contributed by atoms with Gasteiger partial charge in [0.1, 0.15) is 27.9 Å². The Hall–Kier alpha value is -7.60. The van der Waals surface area contributed by atoms with Crippen molar-refractivity contribution in [3.63, 3.8) is 0 Å². The highest BCUT2D eigenvalue weighted by Crippen LogP contribution is 2.46. The van der Waals surface area contributed by atoms with Crippen LogP contribution in [0.4, 0.5) is 17.1 Å². The Kier molecular flexibility index (Phi) is 6.85. The van der Waals surface area contributed by atoms with Gasteiger partial charge in [0.15, 0.2) is 5.58 Å². The quantitative estimate of drug-likeness (QED) is 0.175. The number of thiophene rings is 1. The van der Waals surface area contributed by atoms with Crippen LogP contribution in [0, 0.1) is 0 Å². The average Bonchev–Trinajstić information content (AvgIpc) is 4.07. The van der Waals surface area contributed by atoms with E-state index < -0.39 is 0 Å². The molecule has 0 spiro atoms. The predicted octanol–water partition coefficient (Wildman–Crippen LogP) is 16.6. The second kappa shape index (κ2) is 12.4. The summed E-state index contributed by atoms with van der Waals surface area (Å²) >= 11 is 1.86. The highest BCUT2D eigenvalue weighted by molar-refractivity contribution is 7.26. The van der Waals surface area contributed by atoms with E-state index in [9.17, 15) is 0 Å². The Balaban J connectivity index is 0.994. The van der Waals surface area contributed by atoms with Crippen molar-refractivity contribution in [2.45, 2.75) is 0 Å². The number of anilines is 3. The molecule has 0 fully saturated rings. The molecule has 0 unspecified atom stereocenters. The van der Waals surface area contributed by atoms with Gasteiger partial charge in [0, 0.05) is 64.0 Å². The van der Waals surface area contributed by atoms with Gasteiger partial charge in [-0.1, -0.05) is 127 Å². The number of para-hydroxylation sites is 4. The van der Waals surface area contributed by atoms with Crippen LogP contribution in [0.5, 0.6) is 0 Å². The third-order valence-corrected chi connectivity index (χ3v) is 13.1. The standard InChI is InChI=1S/C54H31NO3S/c1-4-22-46-38(13-1)40-19-10-21-45(52(40)57-46)55(34-27-25-32(26-28-34)37-17-9-20-43-39-14-3-6-24-49(39)59-54(37)43)35-12-7-11-33(31-35)36-16-8-18-41-42-29-30-48-50(53(42)58-51(36)41)44-15-2-5-23-47(44)56-48/h1-31H. The highest BCUT2D eigenvalue weighted by Gasteiger charge is 2.22. The fourth-order valence-electron chi connectivity index (χ4n) is 9.20. The molecule has 0 aliphatic rings.